The third kappa shape index (κ3) is 2.79. The highest BCUT2D eigenvalue weighted by Gasteiger charge is 2.25. The minimum Gasteiger partial charge on any atom is -0.508 e. The van der Waals surface area contributed by atoms with Gasteiger partial charge in [0.2, 0.25) is 0 Å². The van der Waals surface area contributed by atoms with Gasteiger partial charge in [-0.2, -0.15) is 0 Å². The third-order valence-electron chi connectivity index (χ3n) is 3.00. The standard InChI is InChI=1S/C13H12N2O6S/c1-14(9-3-2-4-10(16)7-9)22(20,21)11-5-6-13(17)12(8-11)15(18)19/h2-8,16-17H,1H3. The molecular weight excluding hydrogens is 312 g/mol. The van der Waals surface area contributed by atoms with Gasteiger partial charge >= 0.3 is 5.69 Å². The van der Waals surface area contributed by atoms with Crippen LogP contribution in [0.5, 0.6) is 11.5 Å². The summed E-state index contributed by atoms with van der Waals surface area (Å²) >= 11 is 0. The Kier molecular flexibility index (Phi) is 3.91. The topological polar surface area (TPSA) is 121 Å². The van der Waals surface area contributed by atoms with Gasteiger partial charge in [0.15, 0.2) is 5.75 Å². The molecule has 0 aromatic heterocycles. The number of nitro benzene ring substituents is 1. The van der Waals surface area contributed by atoms with Gasteiger partial charge in [0.05, 0.1) is 15.5 Å². The maximum absolute atomic E-state index is 12.5. The number of nitrogens with zero attached hydrogens (tertiary/aromatic N) is 2. The second-order valence-corrected chi connectivity index (χ2v) is 6.37. The van der Waals surface area contributed by atoms with E-state index >= 15 is 0 Å². The Balaban J connectivity index is 2.51. The van der Waals surface area contributed by atoms with Crippen LogP contribution in [0, 0.1) is 10.1 Å². The second-order valence-electron chi connectivity index (χ2n) is 4.40. The Morgan fingerprint density at radius 1 is 1.14 bits per heavy atom. The Morgan fingerprint density at radius 3 is 2.41 bits per heavy atom. The summed E-state index contributed by atoms with van der Waals surface area (Å²) in [6, 6.07) is 8.35. The van der Waals surface area contributed by atoms with E-state index in [0.29, 0.717) is 0 Å². The zero-order valence-electron chi connectivity index (χ0n) is 11.4. The summed E-state index contributed by atoms with van der Waals surface area (Å²) in [5.41, 5.74) is -0.513. The molecule has 0 radical (unpaired) electrons. The number of rotatable bonds is 4. The molecule has 22 heavy (non-hydrogen) atoms. The van der Waals surface area contributed by atoms with Crippen LogP contribution in [0.4, 0.5) is 11.4 Å². The Labute approximate surface area is 126 Å². The molecule has 116 valence electrons. The first-order chi connectivity index (χ1) is 10.2. The lowest BCUT2D eigenvalue weighted by atomic mass is 10.3. The minimum absolute atomic E-state index is 0.115. The van der Waals surface area contributed by atoms with Crippen LogP contribution in [0.2, 0.25) is 0 Å². The van der Waals surface area contributed by atoms with Crippen LogP contribution in [-0.4, -0.2) is 30.6 Å². The molecule has 0 amide bonds. The molecule has 8 nitrogen and oxygen atoms in total. The van der Waals surface area contributed by atoms with Crippen LogP contribution in [0.1, 0.15) is 0 Å². The average molecular weight is 324 g/mol. The smallest absolute Gasteiger partial charge is 0.312 e. The van der Waals surface area contributed by atoms with Gasteiger partial charge in [0.25, 0.3) is 10.0 Å². The van der Waals surface area contributed by atoms with E-state index in [1.165, 1.54) is 31.3 Å². The first kappa shape index (κ1) is 15.6. The predicted molar refractivity (Wildman–Crippen MR) is 78.5 cm³/mol. The number of aromatic hydroxyl groups is 2. The summed E-state index contributed by atoms with van der Waals surface area (Å²) in [6.07, 6.45) is 0. The van der Waals surface area contributed by atoms with Crippen molar-refractivity contribution in [3.05, 3.63) is 52.6 Å². The SMILES string of the molecule is CN(c1cccc(O)c1)S(=O)(=O)c1ccc(O)c([N+](=O)[O-])c1. The number of anilines is 1. The molecular formula is C13H12N2O6S. The number of nitro groups is 1. The molecule has 0 saturated heterocycles. The van der Waals surface area contributed by atoms with E-state index in [-0.39, 0.29) is 16.3 Å². The molecule has 0 aliphatic rings. The lowest BCUT2D eigenvalue weighted by Crippen LogP contribution is -2.26. The van der Waals surface area contributed by atoms with Crippen LogP contribution >= 0.6 is 0 Å². The fourth-order valence-corrected chi connectivity index (χ4v) is 3.00. The van der Waals surface area contributed by atoms with Crippen LogP contribution < -0.4 is 4.31 Å². The van der Waals surface area contributed by atoms with E-state index in [4.69, 9.17) is 0 Å². The second kappa shape index (κ2) is 5.53. The molecule has 0 spiro atoms. The highest BCUT2D eigenvalue weighted by molar-refractivity contribution is 7.92. The number of benzene rings is 2. The summed E-state index contributed by atoms with van der Waals surface area (Å²) in [7, 11) is -2.82. The van der Waals surface area contributed by atoms with Gasteiger partial charge in [0.1, 0.15) is 5.75 Å². The van der Waals surface area contributed by atoms with Crippen molar-refractivity contribution in [3.63, 3.8) is 0 Å². The van der Waals surface area contributed by atoms with Crippen molar-refractivity contribution < 1.29 is 23.6 Å². The van der Waals surface area contributed by atoms with Crippen molar-refractivity contribution in [2.24, 2.45) is 0 Å². The maximum atomic E-state index is 12.5. The number of sulfonamides is 1. The molecule has 0 aliphatic carbocycles. The summed E-state index contributed by atoms with van der Waals surface area (Å²) in [5, 5.41) is 29.6. The summed E-state index contributed by atoms with van der Waals surface area (Å²) in [6.45, 7) is 0. The van der Waals surface area contributed by atoms with E-state index in [1.807, 2.05) is 0 Å². The van der Waals surface area contributed by atoms with Crippen molar-refractivity contribution in [1.29, 1.82) is 0 Å². The predicted octanol–water partition coefficient (Wildman–Crippen LogP) is 1.83. The molecule has 0 unspecified atom stereocenters. The van der Waals surface area contributed by atoms with Gasteiger partial charge in [-0.3, -0.25) is 14.4 Å². The fraction of sp³-hybridized carbons (Fsp3) is 0.0769. The molecule has 9 heteroatoms. The molecule has 2 aromatic carbocycles. The average Bonchev–Trinajstić information content (AvgIpc) is 2.46. The molecule has 0 bridgehead atoms. The lowest BCUT2D eigenvalue weighted by Gasteiger charge is -2.19. The van der Waals surface area contributed by atoms with Crippen LogP contribution in [0.3, 0.4) is 0 Å². The highest BCUT2D eigenvalue weighted by atomic mass is 32.2. The molecule has 0 saturated carbocycles. The number of hydrogen-bond donors (Lipinski definition) is 2. The van der Waals surface area contributed by atoms with Gasteiger partial charge in [-0.1, -0.05) is 6.07 Å². The number of phenolic OH excluding ortho intramolecular Hbond substituents is 2. The van der Waals surface area contributed by atoms with Gasteiger partial charge in [-0.25, -0.2) is 8.42 Å². The first-order valence-electron chi connectivity index (χ1n) is 5.99. The van der Waals surface area contributed by atoms with E-state index in [1.54, 1.807) is 0 Å². The molecule has 2 aromatic rings. The van der Waals surface area contributed by atoms with Gasteiger partial charge in [-0.05, 0) is 24.3 Å². The van der Waals surface area contributed by atoms with Crippen LogP contribution in [0.25, 0.3) is 0 Å². The summed E-state index contributed by atoms with van der Waals surface area (Å²) in [4.78, 5) is 9.57. The van der Waals surface area contributed by atoms with Crippen molar-refractivity contribution in [2.75, 3.05) is 11.4 Å². The zero-order valence-corrected chi connectivity index (χ0v) is 12.2. The lowest BCUT2D eigenvalue weighted by molar-refractivity contribution is -0.386. The van der Waals surface area contributed by atoms with Gasteiger partial charge in [0, 0.05) is 19.2 Å². The van der Waals surface area contributed by atoms with E-state index in [0.717, 1.165) is 22.5 Å². The summed E-state index contributed by atoms with van der Waals surface area (Å²) in [5.74, 6) is -0.736. The fourth-order valence-electron chi connectivity index (χ4n) is 1.80. The van der Waals surface area contributed by atoms with Crippen molar-refractivity contribution in [1.82, 2.24) is 0 Å². The first-order valence-corrected chi connectivity index (χ1v) is 7.43. The molecule has 0 fully saturated rings. The molecule has 0 aliphatic heterocycles. The number of hydrogen-bond acceptors (Lipinski definition) is 6. The normalized spacial score (nSPS) is 11.1. The minimum atomic E-state index is -4.07. The third-order valence-corrected chi connectivity index (χ3v) is 4.78. The monoisotopic (exact) mass is 324 g/mol. The number of phenols is 2. The highest BCUT2D eigenvalue weighted by Crippen LogP contribution is 2.31. The van der Waals surface area contributed by atoms with Crippen molar-refractivity contribution in [2.45, 2.75) is 4.90 Å². The molecule has 0 atom stereocenters. The van der Waals surface area contributed by atoms with Crippen LogP contribution in [-0.2, 0) is 10.0 Å². The Bertz CT molecular complexity index is 834. The maximum Gasteiger partial charge on any atom is 0.312 e. The van der Waals surface area contributed by atoms with Gasteiger partial charge < -0.3 is 10.2 Å². The molecule has 2 rings (SSSR count). The van der Waals surface area contributed by atoms with E-state index in [9.17, 15) is 28.7 Å². The van der Waals surface area contributed by atoms with Crippen LogP contribution in [0.15, 0.2) is 47.4 Å². The molecule has 2 N–H and O–H groups in total. The van der Waals surface area contributed by atoms with E-state index < -0.39 is 26.4 Å². The van der Waals surface area contributed by atoms with E-state index in [2.05, 4.69) is 0 Å². The largest absolute Gasteiger partial charge is 0.508 e. The quantitative estimate of drug-likeness (QED) is 0.653. The van der Waals surface area contributed by atoms with Crippen molar-refractivity contribution >= 4 is 21.4 Å². The molecule has 0 heterocycles. The summed E-state index contributed by atoms with van der Waals surface area (Å²) < 4.78 is 25.8. The Morgan fingerprint density at radius 2 is 1.82 bits per heavy atom. The zero-order chi connectivity index (χ0) is 16.5. The Hall–Kier alpha value is -2.81. The van der Waals surface area contributed by atoms with Crippen molar-refractivity contribution in [3.8, 4) is 11.5 Å². The van der Waals surface area contributed by atoms with Gasteiger partial charge in [-0.15, -0.1) is 0 Å².